The number of nitrogens with zero attached hydrogens (tertiary/aromatic N) is 4. The molecule has 0 saturated heterocycles. The van der Waals surface area contributed by atoms with Crippen molar-refractivity contribution >= 4 is 11.6 Å². The molecule has 0 aliphatic carbocycles. The summed E-state index contributed by atoms with van der Waals surface area (Å²) >= 11 is 0. The first-order valence-electron chi connectivity index (χ1n) is 5.95. The fourth-order valence-electron chi connectivity index (χ4n) is 1.77. The molecule has 0 spiro atoms. The van der Waals surface area contributed by atoms with Crippen LogP contribution in [0.3, 0.4) is 0 Å². The van der Waals surface area contributed by atoms with Crippen LogP contribution in [-0.2, 0) is 13.6 Å². The lowest BCUT2D eigenvalue weighted by Crippen LogP contribution is -2.07. The predicted molar refractivity (Wildman–Crippen MR) is 73.4 cm³/mol. The third-order valence-electron chi connectivity index (χ3n) is 3.03. The summed E-state index contributed by atoms with van der Waals surface area (Å²) in [6.07, 6.45) is 3.34. The molecule has 2 aromatic rings. The number of ether oxygens (including phenoxy) is 1. The van der Waals surface area contributed by atoms with E-state index in [4.69, 9.17) is 4.74 Å². The van der Waals surface area contributed by atoms with E-state index in [-0.39, 0.29) is 0 Å². The Kier molecular flexibility index (Phi) is 3.84. The smallest absolute Gasteiger partial charge is 0.204 e. The Morgan fingerprint density at radius 2 is 2.05 bits per heavy atom. The second-order valence-electron chi connectivity index (χ2n) is 4.09. The number of rotatable bonds is 5. The first-order chi connectivity index (χ1) is 9.17. The summed E-state index contributed by atoms with van der Waals surface area (Å²) in [5.41, 5.74) is 2.24. The Labute approximate surface area is 112 Å². The maximum Gasteiger partial charge on any atom is 0.204 e. The summed E-state index contributed by atoms with van der Waals surface area (Å²) in [4.78, 5) is 8.30. The number of methoxy groups -OCH3 is 1. The van der Waals surface area contributed by atoms with Gasteiger partial charge in [0.15, 0.2) is 11.6 Å². The molecule has 102 valence electrons. The highest BCUT2D eigenvalue weighted by Crippen LogP contribution is 2.28. The number of anilines is 2. The van der Waals surface area contributed by atoms with Crippen LogP contribution < -0.4 is 15.4 Å². The average Bonchev–Trinajstić information content (AvgIpc) is 2.76. The van der Waals surface area contributed by atoms with E-state index >= 15 is 0 Å². The molecule has 0 fully saturated rings. The van der Waals surface area contributed by atoms with Crippen molar-refractivity contribution in [1.29, 1.82) is 0 Å². The van der Waals surface area contributed by atoms with E-state index in [0.29, 0.717) is 23.9 Å². The van der Waals surface area contributed by atoms with Crippen molar-refractivity contribution in [3.05, 3.63) is 23.8 Å². The summed E-state index contributed by atoms with van der Waals surface area (Å²) in [6, 6.07) is 0. The maximum atomic E-state index is 5.32. The van der Waals surface area contributed by atoms with Crippen LogP contribution in [0.5, 0.6) is 5.75 Å². The Morgan fingerprint density at radius 1 is 1.32 bits per heavy atom. The highest BCUT2D eigenvalue weighted by atomic mass is 16.5. The Bertz CT molecular complexity index is 565. The lowest BCUT2D eigenvalue weighted by Gasteiger charge is -2.12. The van der Waals surface area contributed by atoms with Crippen LogP contribution in [0.2, 0.25) is 0 Å². The third kappa shape index (κ3) is 2.59. The SMILES string of the molecule is CNc1ncnc(NCc2cnn(C)c2C)c1OC. The molecule has 0 saturated carbocycles. The van der Waals surface area contributed by atoms with Gasteiger partial charge in [-0.25, -0.2) is 9.97 Å². The van der Waals surface area contributed by atoms with Gasteiger partial charge in [0, 0.05) is 31.9 Å². The molecule has 0 bridgehead atoms. The van der Waals surface area contributed by atoms with Crippen molar-refractivity contribution in [2.75, 3.05) is 24.8 Å². The Morgan fingerprint density at radius 3 is 2.63 bits per heavy atom. The highest BCUT2D eigenvalue weighted by Gasteiger charge is 2.11. The van der Waals surface area contributed by atoms with E-state index in [9.17, 15) is 0 Å². The minimum atomic E-state index is 0.603. The fraction of sp³-hybridized carbons (Fsp3) is 0.417. The molecule has 19 heavy (non-hydrogen) atoms. The van der Waals surface area contributed by atoms with Crippen LogP contribution in [-0.4, -0.2) is 33.9 Å². The molecule has 2 rings (SSSR count). The molecule has 0 aliphatic heterocycles. The second-order valence-corrected chi connectivity index (χ2v) is 4.09. The van der Waals surface area contributed by atoms with E-state index in [1.807, 2.05) is 24.9 Å². The number of hydrogen-bond acceptors (Lipinski definition) is 6. The van der Waals surface area contributed by atoms with Crippen molar-refractivity contribution in [2.45, 2.75) is 13.5 Å². The van der Waals surface area contributed by atoms with Gasteiger partial charge in [-0.2, -0.15) is 5.10 Å². The zero-order chi connectivity index (χ0) is 13.8. The van der Waals surface area contributed by atoms with Crippen LogP contribution in [0, 0.1) is 6.92 Å². The van der Waals surface area contributed by atoms with Gasteiger partial charge in [-0.05, 0) is 6.92 Å². The van der Waals surface area contributed by atoms with Crippen LogP contribution in [0.15, 0.2) is 12.5 Å². The lowest BCUT2D eigenvalue weighted by atomic mass is 10.2. The summed E-state index contributed by atoms with van der Waals surface area (Å²) in [6.45, 7) is 2.66. The standard InChI is InChI=1S/C12H18N6O/c1-8-9(6-17-18(8)3)5-14-12-10(19-4)11(13-2)15-7-16-12/h6-7H,5H2,1-4H3,(H2,13,14,15,16). The molecule has 2 heterocycles. The zero-order valence-electron chi connectivity index (χ0n) is 11.6. The normalized spacial score (nSPS) is 10.3. The fourth-order valence-corrected chi connectivity index (χ4v) is 1.77. The van der Waals surface area contributed by atoms with Gasteiger partial charge in [0.25, 0.3) is 0 Å². The average molecular weight is 262 g/mol. The molecule has 2 N–H and O–H groups in total. The molecule has 7 nitrogen and oxygen atoms in total. The summed E-state index contributed by atoms with van der Waals surface area (Å²) in [5.74, 6) is 1.92. The van der Waals surface area contributed by atoms with E-state index in [0.717, 1.165) is 11.3 Å². The topological polar surface area (TPSA) is 76.9 Å². The van der Waals surface area contributed by atoms with Gasteiger partial charge in [0.2, 0.25) is 5.75 Å². The molecular formula is C12H18N6O. The first kappa shape index (κ1) is 13.1. The van der Waals surface area contributed by atoms with Gasteiger partial charge in [-0.15, -0.1) is 0 Å². The maximum absolute atomic E-state index is 5.32. The predicted octanol–water partition coefficient (Wildman–Crippen LogP) is 1.18. The van der Waals surface area contributed by atoms with E-state index in [2.05, 4.69) is 25.7 Å². The molecule has 0 unspecified atom stereocenters. The second kappa shape index (κ2) is 5.55. The summed E-state index contributed by atoms with van der Waals surface area (Å²) in [5, 5.41) is 10.4. The zero-order valence-corrected chi connectivity index (χ0v) is 11.6. The molecule has 0 atom stereocenters. The van der Waals surface area contributed by atoms with E-state index in [1.165, 1.54) is 6.33 Å². The quantitative estimate of drug-likeness (QED) is 0.842. The van der Waals surface area contributed by atoms with Gasteiger partial charge >= 0.3 is 0 Å². The van der Waals surface area contributed by atoms with Crippen LogP contribution in [0.25, 0.3) is 0 Å². The molecule has 2 aromatic heterocycles. The van der Waals surface area contributed by atoms with Gasteiger partial charge in [-0.1, -0.05) is 0 Å². The van der Waals surface area contributed by atoms with Crippen molar-refractivity contribution < 1.29 is 4.74 Å². The first-order valence-corrected chi connectivity index (χ1v) is 5.95. The van der Waals surface area contributed by atoms with Crippen LogP contribution in [0.1, 0.15) is 11.3 Å². The molecule has 0 amide bonds. The largest absolute Gasteiger partial charge is 0.490 e. The van der Waals surface area contributed by atoms with E-state index < -0.39 is 0 Å². The molecule has 7 heteroatoms. The molecule has 0 aliphatic rings. The van der Waals surface area contributed by atoms with Crippen LogP contribution >= 0.6 is 0 Å². The van der Waals surface area contributed by atoms with Crippen LogP contribution in [0.4, 0.5) is 11.6 Å². The number of aromatic nitrogens is 4. The third-order valence-corrected chi connectivity index (χ3v) is 3.03. The molecule has 0 radical (unpaired) electrons. The Balaban J connectivity index is 2.17. The monoisotopic (exact) mass is 262 g/mol. The summed E-state index contributed by atoms with van der Waals surface area (Å²) < 4.78 is 7.16. The minimum absolute atomic E-state index is 0.603. The Hall–Kier alpha value is -2.31. The van der Waals surface area contributed by atoms with Crippen molar-refractivity contribution in [3.63, 3.8) is 0 Å². The number of aryl methyl sites for hydroxylation is 1. The van der Waals surface area contributed by atoms with Crippen molar-refractivity contribution in [2.24, 2.45) is 7.05 Å². The van der Waals surface area contributed by atoms with Gasteiger partial charge < -0.3 is 15.4 Å². The highest BCUT2D eigenvalue weighted by molar-refractivity contribution is 5.63. The van der Waals surface area contributed by atoms with Gasteiger partial charge in [0.1, 0.15) is 6.33 Å². The van der Waals surface area contributed by atoms with Gasteiger partial charge in [0.05, 0.1) is 13.3 Å². The number of hydrogen-bond donors (Lipinski definition) is 2. The van der Waals surface area contributed by atoms with Crippen molar-refractivity contribution in [3.8, 4) is 5.75 Å². The summed E-state index contributed by atoms with van der Waals surface area (Å²) in [7, 11) is 5.31. The minimum Gasteiger partial charge on any atom is -0.490 e. The van der Waals surface area contributed by atoms with Crippen molar-refractivity contribution in [1.82, 2.24) is 19.7 Å². The van der Waals surface area contributed by atoms with Gasteiger partial charge in [-0.3, -0.25) is 4.68 Å². The number of nitrogens with one attached hydrogen (secondary N) is 2. The lowest BCUT2D eigenvalue weighted by molar-refractivity contribution is 0.415. The molecule has 0 aromatic carbocycles. The van der Waals surface area contributed by atoms with E-state index in [1.54, 1.807) is 14.2 Å². The molecular weight excluding hydrogens is 244 g/mol.